The molecular formula is C12H10BrFN2O. The average Bonchev–Trinajstić information content (AvgIpc) is 2.29. The van der Waals surface area contributed by atoms with Crippen molar-refractivity contribution in [3.8, 4) is 0 Å². The van der Waals surface area contributed by atoms with Crippen molar-refractivity contribution in [1.82, 2.24) is 4.98 Å². The molecule has 1 aromatic carbocycles. The lowest BCUT2D eigenvalue weighted by atomic mass is 10.0. The molecule has 0 aliphatic carbocycles. The first-order valence-corrected chi connectivity index (χ1v) is 5.71. The molecule has 1 unspecified atom stereocenters. The van der Waals surface area contributed by atoms with E-state index in [2.05, 4.69) is 20.9 Å². The van der Waals surface area contributed by atoms with E-state index in [4.69, 9.17) is 5.73 Å². The molecule has 88 valence electrons. The lowest BCUT2D eigenvalue weighted by molar-refractivity contribution is 0.219. The van der Waals surface area contributed by atoms with Gasteiger partial charge in [0.15, 0.2) is 0 Å². The summed E-state index contributed by atoms with van der Waals surface area (Å²) in [7, 11) is 0. The van der Waals surface area contributed by atoms with Crippen LogP contribution in [0.15, 0.2) is 41.1 Å². The third kappa shape index (κ3) is 2.45. The molecule has 0 radical (unpaired) electrons. The number of hydrogen-bond donors (Lipinski definition) is 2. The van der Waals surface area contributed by atoms with Crippen molar-refractivity contribution in [2.24, 2.45) is 0 Å². The number of aliphatic hydroxyl groups excluding tert-OH is 1. The molecule has 0 spiro atoms. The Morgan fingerprint density at radius 1 is 1.29 bits per heavy atom. The fraction of sp³-hybridized carbons (Fsp3) is 0.0833. The van der Waals surface area contributed by atoms with Crippen LogP contribution in [0.2, 0.25) is 0 Å². The van der Waals surface area contributed by atoms with Crippen molar-refractivity contribution in [3.63, 3.8) is 0 Å². The Bertz CT molecular complexity index is 548. The molecule has 0 saturated carbocycles. The minimum Gasteiger partial charge on any atom is -0.398 e. The Hall–Kier alpha value is -1.46. The summed E-state index contributed by atoms with van der Waals surface area (Å²) in [6, 6.07) is 5.70. The summed E-state index contributed by atoms with van der Waals surface area (Å²) in [6.45, 7) is 0. The van der Waals surface area contributed by atoms with E-state index in [1.807, 2.05) is 0 Å². The first-order valence-electron chi connectivity index (χ1n) is 4.92. The maximum Gasteiger partial charge on any atom is 0.124 e. The smallest absolute Gasteiger partial charge is 0.124 e. The second kappa shape index (κ2) is 4.81. The highest BCUT2D eigenvalue weighted by Crippen LogP contribution is 2.31. The van der Waals surface area contributed by atoms with Gasteiger partial charge in [0, 0.05) is 28.1 Å². The maximum absolute atomic E-state index is 12.9. The van der Waals surface area contributed by atoms with Gasteiger partial charge in [0.1, 0.15) is 11.9 Å². The van der Waals surface area contributed by atoms with E-state index in [-0.39, 0.29) is 5.82 Å². The van der Waals surface area contributed by atoms with Crippen LogP contribution in [0.25, 0.3) is 0 Å². The zero-order chi connectivity index (χ0) is 12.4. The zero-order valence-corrected chi connectivity index (χ0v) is 10.4. The van der Waals surface area contributed by atoms with Gasteiger partial charge in [-0.1, -0.05) is 22.0 Å². The maximum atomic E-state index is 12.9. The van der Waals surface area contributed by atoms with Crippen LogP contribution in [0.1, 0.15) is 17.2 Å². The Labute approximate surface area is 106 Å². The summed E-state index contributed by atoms with van der Waals surface area (Å²) in [5, 5.41) is 10.2. The summed E-state index contributed by atoms with van der Waals surface area (Å²) >= 11 is 3.21. The molecule has 1 aromatic heterocycles. The van der Waals surface area contributed by atoms with Gasteiger partial charge >= 0.3 is 0 Å². The SMILES string of the molecule is Nc1ccncc1C(O)c1ccc(F)cc1Br. The summed E-state index contributed by atoms with van der Waals surface area (Å²) in [4.78, 5) is 3.91. The van der Waals surface area contributed by atoms with Crippen LogP contribution in [0.5, 0.6) is 0 Å². The molecule has 1 heterocycles. The summed E-state index contributed by atoms with van der Waals surface area (Å²) in [5.74, 6) is -0.369. The van der Waals surface area contributed by atoms with Gasteiger partial charge in [-0.2, -0.15) is 0 Å². The topological polar surface area (TPSA) is 59.1 Å². The minimum absolute atomic E-state index is 0.369. The van der Waals surface area contributed by atoms with Crippen LogP contribution >= 0.6 is 15.9 Å². The normalized spacial score (nSPS) is 12.4. The first kappa shape index (κ1) is 12.0. The van der Waals surface area contributed by atoms with Gasteiger partial charge in [-0.15, -0.1) is 0 Å². The number of aliphatic hydroxyl groups is 1. The standard InChI is InChI=1S/C12H10BrFN2O/c13-10-5-7(14)1-2-8(10)12(17)9-6-16-4-3-11(9)15/h1-6,12,17H,(H2,15,16). The summed E-state index contributed by atoms with van der Waals surface area (Å²) < 4.78 is 13.4. The van der Waals surface area contributed by atoms with Gasteiger partial charge in [0.25, 0.3) is 0 Å². The number of nitrogens with two attached hydrogens (primary N) is 1. The van der Waals surface area contributed by atoms with E-state index < -0.39 is 6.10 Å². The van der Waals surface area contributed by atoms with E-state index in [0.717, 1.165) is 0 Å². The van der Waals surface area contributed by atoms with Crippen LogP contribution in [0, 0.1) is 5.82 Å². The van der Waals surface area contributed by atoms with E-state index in [1.165, 1.54) is 24.4 Å². The van der Waals surface area contributed by atoms with Crippen LogP contribution in [-0.2, 0) is 0 Å². The molecule has 2 aromatic rings. The largest absolute Gasteiger partial charge is 0.398 e. The van der Waals surface area contributed by atoms with Crippen molar-refractivity contribution < 1.29 is 9.50 Å². The predicted molar refractivity (Wildman–Crippen MR) is 66.8 cm³/mol. The number of aromatic nitrogens is 1. The second-order valence-corrected chi connectivity index (χ2v) is 4.43. The lowest BCUT2D eigenvalue weighted by Gasteiger charge is -2.14. The highest BCUT2D eigenvalue weighted by molar-refractivity contribution is 9.10. The van der Waals surface area contributed by atoms with Crippen LogP contribution in [-0.4, -0.2) is 10.1 Å². The molecule has 3 nitrogen and oxygen atoms in total. The number of pyridine rings is 1. The monoisotopic (exact) mass is 296 g/mol. The Balaban J connectivity index is 2.44. The number of nitrogen functional groups attached to an aromatic ring is 1. The molecular weight excluding hydrogens is 287 g/mol. The van der Waals surface area contributed by atoms with Gasteiger partial charge in [0.2, 0.25) is 0 Å². The molecule has 0 aliphatic rings. The van der Waals surface area contributed by atoms with Crippen LogP contribution < -0.4 is 5.73 Å². The zero-order valence-electron chi connectivity index (χ0n) is 8.77. The van der Waals surface area contributed by atoms with Crippen molar-refractivity contribution in [1.29, 1.82) is 0 Å². The average molecular weight is 297 g/mol. The quantitative estimate of drug-likeness (QED) is 0.896. The van der Waals surface area contributed by atoms with E-state index in [0.29, 0.717) is 21.3 Å². The third-order valence-corrected chi connectivity index (χ3v) is 3.13. The second-order valence-electron chi connectivity index (χ2n) is 3.57. The van der Waals surface area contributed by atoms with Gasteiger partial charge < -0.3 is 10.8 Å². The van der Waals surface area contributed by atoms with Gasteiger partial charge in [-0.25, -0.2) is 4.39 Å². The van der Waals surface area contributed by atoms with Crippen molar-refractivity contribution in [3.05, 3.63) is 58.1 Å². The molecule has 0 fully saturated rings. The van der Waals surface area contributed by atoms with Gasteiger partial charge in [-0.05, 0) is 23.8 Å². The summed E-state index contributed by atoms with van der Waals surface area (Å²) in [6.07, 6.45) is 2.11. The third-order valence-electron chi connectivity index (χ3n) is 2.44. The van der Waals surface area contributed by atoms with Crippen molar-refractivity contribution >= 4 is 21.6 Å². The first-order chi connectivity index (χ1) is 8.09. The summed E-state index contributed by atoms with van der Waals surface area (Å²) in [5.41, 5.74) is 7.24. The fourth-order valence-corrected chi connectivity index (χ4v) is 2.10. The molecule has 0 saturated heterocycles. The number of rotatable bonds is 2. The highest BCUT2D eigenvalue weighted by Gasteiger charge is 2.16. The van der Waals surface area contributed by atoms with Crippen molar-refractivity contribution in [2.45, 2.75) is 6.10 Å². The number of hydrogen-bond acceptors (Lipinski definition) is 3. The Kier molecular flexibility index (Phi) is 3.40. The van der Waals surface area contributed by atoms with Gasteiger partial charge in [0.05, 0.1) is 0 Å². The van der Waals surface area contributed by atoms with E-state index in [9.17, 15) is 9.50 Å². The number of nitrogens with zero attached hydrogens (tertiary/aromatic N) is 1. The predicted octanol–water partition coefficient (Wildman–Crippen LogP) is 2.65. The van der Waals surface area contributed by atoms with Crippen LogP contribution in [0.4, 0.5) is 10.1 Å². The van der Waals surface area contributed by atoms with E-state index in [1.54, 1.807) is 12.3 Å². The number of halogens is 2. The molecule has 5 heteroatoms. The lowest BCUT2D eigenvalue weighted by Crippen LogP contribution is -2.05. The molecule has 0 amide bonds. The molecule has 0 aliphatic heterocycles. The van der Waals surface area contributed by atoms with Crippen molar-refractivity contribution in [2.75, 3.05) is 5.73 Å². The Morgan fingerprint density at radius 2 is 2.06 bits per heavy atom. The molecule has 17 heavy (non-hydrogen) atoms. The number of benzene rings is 1. The molecule has 1 atom stereocenters. The van der Waals surface area contributed by atoms with Crippen LogP contribution in [0.3, 0.4) is 0 Å². The highest BCUT2D eigenvalue weighted by atomic mass is 79.9. The van der Waals surface area contributed by atoms with E-state index >= 15 is 0 Å². The molecule has 0 bridgehead atoms. The molecule has 3 N–H and O–H groups in total. The Morgan fingerprint density at radius 3 is 2.71 bits per heavy atom. The van der Waals surface area contributed by atoms with Gasteiger partial charge in [-0.3, -0.25) is 4.98 Å². The number of anilines is 1. The molecule has 2 rings (SSSR count). The minimum atomic E-state index is -0.932. The fourth-order valence-electron chi connectivity index (χ4n) is 1.54.